The van der Waals surface area contributed by atoms with Gasteiger partial charge in [0.25, 0.3) is 5.91 Å². The van der Waals surface area contributed by atoms with Crippen molar-refractivity contribution in [2.75, 3.05) is 11.4 Å². The Balaban J connectivity index is 1.97. The van der Waals surface area contributed by atoms with Crippen molar-refractivity contribution < 1.29 is 9.59 Å². The number of piperazine rings is 1. The average molecular weight is 286 g/mol. The third-order valence-electron chi connectivity index (χ3n) is 4.94. The summed E-state index contributed by atoms with van der Waals surface area (Å²) in [7, 11) is 0. The van der Waals surface area contributed by atoms with Crippen LogP contribution in [0, 0.1) is 0 Å². The van der Waals surface area contributed by atoms with Crippen LogP contribution < -0.4 is 10.2 Å². The molecule has 1 aliphatic carbocycles. The summed E-state index contributed by atoms with van der Waals surface area (Å²) in [5.41, 5.74) is 2.82. The van der Waals surface area contributed by atoms with Gasteiger partial charge in [-0.05, 0) is 55.4 Å². The van der Waals surface area contributed by atoms with Crippen LogP contribution in [0.3, 0.4) is 0 Å². The van der Waals surface area contributed by atoms with E-state index in [0.29, 0.717) is 12.8 Å². The van der Waals surface area contributed by atoms with Crippen LogP contribution >= 0.6 is 0 Å². The first-order valence-corrected chi connectivity index (χ1v) is 7.84. The molecule has 0 spiro atoms. The zero-order chi connectivity index (χ0) is 15.0. The first-order chi connectivity index (χ1) is 10.1. The molecule has 1 aliphatic heterocycles. The predicted octanol–water partition coefficient (Wildman–Crippen LogP) is 2.20. The molecule has 0 aromatic heterocycles. The van der Waals surface area contributed by atoms with E-state index in [4.69, 9.17) is 0 Å². The molecule has 112 valence electrons. The smallest absolute Gasteiger partial charge is 0.253 e. The van der Waals surface area contributed by atoms with Crippen LogP contribution in [0.25, 0.3) is 0 Å². The van der Waals surface area contributed by atoms with E-state index in [1.54, 1.807) is 4.90 Å². The van der Waals surface area contributed by atoms with Gasteiger partial charge in [0.1, 0.15) is 12.1 Å². The lowest BCUT2D eigenvalue weighted by molar-refractivity contribution is -0.136. The van der Waals surface area contributed by atoms with Crippen LogP contribution in [0.1, 0.15) is 44.2 Å². The summed E-state index contributed by atoms with van der Waals surface area (Å²) in [6.45, 7) is 4.03. The van der Waals surface area contributed by atoms with Crippen LogP contribution in [0.2, 0.25) is 0 Å². The lowest BCUT2D eigenvalue weighted by atomic mass is 9.88. The highest BCUT2D eigenvalue weighted by Crippen LogP contribution is 2.30. The second kappa shape index (κ2) is 5.17. The molecule has 0 atom stereocenters. The molecule has 21 heavy (non-hydrogen) atoms. The first-order valence-electron chi connectivity index (χ1n) is 7.84. The van der Waals surface area contributed by atoms with E-state index < -0.39 is 5.54 Å². The topological polar surface area (TPSA) is 49.4 Å². The Bertz CT molecular complexity index is 590. The van der Waals surface area contributed by atoms with Crippen molar-refractivity contribution in [2.45, 2.75) is 51.5 Å². The molecule has 3 rings (SSSR count). The number of hydrogen-bond donors (Lipinski definition) is 1. The molecule has 1 aromatic rings. The number of aryl methyl sites for hydroxylation is 2. The van der Waals surface area contributed by atoms with Gasteiger partial charge in [0.2, 0.25) is 5.91 Å². The normalized spacial score (nSPS) is 20.4. The molecule has 2 amide bonds. The fourth-order valence-corrected chi connectivity index (χ4v) is 3.50. The van der Waals surface area contributed by atoms with E-state index in [0.717, 1.165) is 18.5 Å². The number of nitrogens with one attached hydrogen (secondary N) is 1. The summed E-state index contributed by atoms with van der Waals surface area (Å²) >= 11 is 0. The minimum Gasteiger partial charge on any atom is -0.340 e. The van der Waals surface area contributed by atoms with Gasteiger partial charge in [-0.15, -0.1) is 0 Å². The molecular formula is C17H22N2O2. The summed E-state index contributed by atoms with van der Waals surface area (Å²) in [5.74, 6) is -0.0520. The number of carbonyl (C=O) groups is 2. The fourth-order valence-electron chi connectivity index (χ4n) is 3.50. The largest absolute Gasteiger partial charge is 0.340 e. The quantitative estimate of drug-likeness (QED) is 0.926. The van der Waals surface area contributed by atoms with E-state index in [1.807, 2.05) is 19.9 Å². The van der Waals surface area contributed by atoms with Crippen LogP contribution in [-0.2, 0) is 22.4 Å². The van der Waals surface area contributed by atoms with Gasteiger partial charge in [-0.25, -0.2) is 0 Å². The fraction of sp³-hybridized carbons (Fsp3) is 0.529. The summed E-state index contributed by atoms with van der Waals surface area (Å²) in [5, 5.41) is 2.90. The van der Waals surface area contributed by atoms with Gasteiger partial charge in [0, 0.05) is 5.69 Å². The lowest BCUT2D eigenvalue weighted by Gasteiger charge is -2.41. The number of benzene rings is 1. The highest BCUT2D eigenvalue weighted by Gasteiger charge is 2.44. The molecule has 4 nitrogen and oxygen atoms in total. The molecule has 0 unspecified atom stereocenters. The Kier molecular flexibility index (Phi) is 3.47. The third kappa shape index (κ3) is 2.23. The van der Waals surface area contributed by atoms with E-state index in [-0.39, 0.29) is 18.4 Å². The van der Waals surface area contributed by atoms with Gasteiger partial charge in [-0.3, -0.25) is 9.59 Å². The van der Waals surface area contributed by atoms with Crippen LogP contribution in [0.15, 0.2) is 18.2 Å². The van der Waals surface area contributed by atoms with Crippen LogP contribution in [-0.4, -0.2) is 23.9 Å². The van der Waals surface area contributed by atoms with Gasteiger partial charge in [-0.2, -0.15) is 0 Å². The maximum Gasteiger partial charge on any atom is 0.253 e. The maximum atomic E-state index is 12.9. The van der Waals surface area contributed by atoms with Gasteiger partial charge in [0.15, 0.2) is 0 Å². The molecule has 0 bridgehead atoms. The second-order valence-electron chi connectivity index (χ2n) is 6.04. The number of fused-ring (bicyclic) bond motifs is 1. The molecule has 2 aliphatic rings. The standard InChI is InChI=1S/C17H22N2O2/c1-3-17(4-2)16(21)19(11-15(20)18-17)14-9-8-12-6-5-7-13(12)10-14/h8-10H,3-7,11H2,1-2H3,(H,18,20). The van der Waals surface area contributed by atoms with Crippen molar-refractivity contribution in [3.05, 3.63) is 29.3 Å². The van der Waals surface area contributed by atoms with E-state index >= 15 is 0 Å². The van der Waals surface area contributed by atoms with E-state index in [9.17, 15) is 9.59 Å². The van der Waals surface area contributed by atoms with Crippen molar-refractivity contribution >= 4 is 17.5 Å². The Hall–Kier alpha value is -1.84. The SMILES string of the molecule is CCC1(CC)NC(=O)CN(c2ccc3c(c2)CCC3)C1=O. The summed E-state index contributed by atoms with van der Waals surface area (Å²) in [6.07, 6.45) is 4.62. The van der Waals surface area contributed by atoms with Crippen molar-refractivity contribution in [1.82, 2.24) is 5.32 Å². The van der Waals surface area contributed by atoms with Crippen LogP contribution in [0.5, 0.6) is 0 Å². The Labute approximate surface area is 125 Å². The number of anilines is 1. The van der Waals surface area contributed by atoms with E-state index in [1.165, 1.54) is 17.5 Å². The summed E-state index contributed by atoms with van der Waals surface area (Å²) < 4.78 is 0. The molecule has 0 saturated carbocycles. The second-order valence-corrected chi connectivity index (χ2v) is 6.04. The molecular weight excluding hydrogens is 264 g/mol. The van der Waals surface area contributed by atoms with E-state index in [2.05, 4.69) is 17.4 Å². The van der Waals surface area contributed by atoms with Crippen molar-refractivity contribution in [3.63, 3.8) is 0 Å². The van der Waals surface area contributed by atoms with Crippen molar-refractivity contribution in [2.24, 2.45) is 0 Å². The number of amides is 2. The highest BCUT2D eigenvalue weighted by molar-refractivity contribution is 6.09. The minimum atomic E-state index is -0.742. The summed E-state index contributed by atoms with van der Waals surface area (Å²) in [6, 6.07) is 6.18. The van der Waals surface area contributed by atoms with Crippen molar-refractivity contribution in [1.29, 1.82) is 0 Å². The maximum absolute atomic E-state index is 12.9. The molecule has 4 heteroatoms. The molecule has 1 fully saturated rings. The van der Waals surface area contributed by atoms with Gasteiger partial charge < -0.3 is 10.2 Å². The number of hydrogen-bond acceptors (Lipinski definition) is 2. The third-order valence-corrected chi connectivity index (χ3v) is 4.94. The van der Waals surface area contributed by atoms with Gasteiger partial charge >= 0.3 is 0 Å². The Morgan fingerprint density at radius 2 is 1.86 bits per heavy atom. The number of carbonyl (C=O) groups excluding carboxylic acids is 2. The number of nitrogens with zero attached hydrogens (tertiary/aromatic N) is 1. The molecule has 1 heterocycles. The van der Waals surface area contributed by atoms with Crippen LogP contribution in [0.4, 0.5) is 5.69 Å². The van der Waals surface area contributed by atoms with Gasteiger partial charge in [0.05, 0.1) is 0 Å². The zero-order valence-corrected chi connectivity index (χ0v) is 12.7. The summed E-state index contributed by atoms with van der Waals surface area (Å²) in [4.78, 5) is 26.6. The minimum absolute atomic E-state index is 0.0186. The zero-order valence-electron chi connectivity index (χ0n) is 12.7. The van der Waals surface area contributed by atoms with Crippen molar-refractivity contribution in [3.8, 4) is 0 Å². The molecule has 0 radical (unpaired) electrons. The first kappa shape index (κ1) is 14.1. The average Bonchev–Trinajstić information content (AvgIpc) is 2.96. The Morgan fingerprint density at radius 1 is 1.14 bits per heavy atom. The monoisotopic (exact) mass is 286 g/mol. The molecule has 1 saturated heterocycles. The molecule has 1 N–H and O–H groups in total. The number of rotatable bonds is 3. The van der Waals surface area contributed by atoms with Gasteiger partial charge in [-0.1, -0.05) is 19.9 Å². The molecule has 1 aromatic carbocycles. The predicted molar refractivity (Wildman–Crippen MR) is 82.3 cm³/mol. The Morgan fingerprint density at radius 3 is 2.57 bits per heavy atom. The highest BCUT2D eigenvalue weighted by atomic mass is 16.2. The lowest BCUT2D eigenvalue weighted by Crippen LogP contribution is -2.66.